The maximum Gasteiger partial charge on any atom is 0.123 e. The maximum absolute atomic E-state index is 4.59. The summed E-state index contributed by atoms with van der Waals surface area (Å²) in [5, 5.41) is 6.90. The summed E-state index contributed by atoms with van der Waals surface area (Å²) in [7, 11) is 0. The Morgan fingerprint density at radius 1 is 0.912 bits per heavy atom. The zero-order valence-corrected chi connectivity index (χ0v) is 19.9. The van der Waals surface area contributed by atoms with Crippen LogP contribution in [0, 0.1) is 0 Å². The smallest absolute Gasteiger partial charge is 0.123 e. The Kier molecular flexibility index (Phi) is 6.70. The topological polar surface area (TPSA) is 81.4 Å². The normalized spacial score (nSPS) is 16.3. The van der Waals surface area contributed by atoms with E-state index in [0.29, 0.717) is 6.04 Å². The van der Waals surface area contributed by atoms with Crippen molar-refractivity contribution >= 4 is 0 Å². The fourth-order valence-electron chi connectivity index (χ4n) is 4.34. The van der Waals surface area contributed by atoms with Crippen molar-refractivity contribution in [1.82, 2.24) is 30.6 Å². The summed E-state index contributed by atoms with van der Waals surface area (Å²) < 4.78 is 0. The lowest BCUT2D eigenvalue weighted by molar-refractivity contribution is 0.613. The van der Waals surface area contributed by atoms with E-state index in [1.807, 2.05) is 12.4 Å². The average Bonchev–Trinajstić information content (AvgIpc) is 3.66. The van der Waals surface area contributed by atoms with E-state index in [1.165, 1.54) is 23.1 Å². The van der Waals surface area contributed by atoms with E-state index in [0.717, 1.165) is 60.2 Å². The molecule has 5 rings (SSSR count). The first-order chi connectivity index (χ1) is 16.7. The van der Waals surface area contributed by atoms with Crippen LogP contribution in [0.5, 0.6) is 0 Å². The number of rotatable bonds is 8. The molecule has 0 saturated carbocycles. The zero-order chi connectivity index (χ0) is 23.3. The molecule has 6 heteroatoms. The van der Waals surface area contributed by atoms with E-state index in [4.69, 9.17) is 0 Å². The van der Waals surface area contributed by atoms with E-state index in [1.54, 1.807) is 0 Å². The number of hydrogen-bond acceptors (Lipinski definition) is 4. The van der Waals surface area contributed by atoms with Gasteiger partial charge in [0.2, 0.25) is 0 Å². The Bertz CT molecular complexity index is 1240. The minimum absolute atomic E-state index is 0.358. The Balaban J connectivity index is 1.23. The minimum Gasteiger partial charge on any atom is -0.341 e. The van der Waals surface area contributed by atoms with Crippen LogP contribution in [0.3, 0.4) is 0 Å². The Morgan fingerprint density at radius 3 is 2.15 bits per heavy atom. The monoisotopic (exact) mass is 452 g/mol. The van der Waals surface area contributed by atoms with Crippen LogP contribution in [0.15, 0.2) is 72.6 Å². The van der Waals surface area contributed by atoms with E-state index in [2.05, 4.69) is 99.0 Å². The largest absolute Gasteiger partial charge is 0.341 e. The standard InChI is InChI=1S/C28H32N6/c1-3-19(2)15-29-18-27-31-16-25(33-27)22-10-6-20(7-11-22)21-8-12-23(13-9-21)26-17-32-28(34-26)24-5-4-14-30-24/h3,6-13,16-17,24,29-30H,4-5,14-15,18H2,1-2H3,(H,31,33)(H,32,34)/b19-3+. The van der Waals surface area contributed by atoms with Crippen molar-refractivity contribution in [3.63, 3.8) is 0 Å². The molecule has 0 aliphatic carbocycles. The highest BCUT2D eigenvalue weighted by molar-refractivity contribution is 5.71. The third-order valence-corrected chi connectivity index (χ3v) is 6.53. The van der Waals surface area contributed by atoms with E-state index in [9.17, 15) is 0 Å². The lowest BCUT2D eigenvalue weighted by Crippen LogP contribution is -2.16. The molecule has 3 heterocycles. The molecule has 1 aliphatic rings. The van der Waals surface area contributed by atoms with Crippen LogP contribution < -0.4 is 10.6 Å². The van der Waals surface area contributed by atoms with Crippen molar-refractivity contribution in [2.45, 2.75) is 39.3 Å². The average molecular weight is 453 g/mol. The number of imidazole rings is 2. The molecule has 34 heavy (non-hydrogen) atoms. The zero-order valence-electron chi connectivity index (χ0n) is 19.9. The summed E-state index contributed by atoms with van der Waals surface area (Å²) in [6.45, 7) is 6.86. The van der Waals surface area contributed by atoms with Gasteiger partial charge in [-0.1, -0.05) is 60.2 Å². The van der Waals surface area contributed by atoms with Gasteiger partial charge < -0.3 is 20.6 Å². The molecule has 6 nitrogen and oxygen atoms in total. The van der Waals surface area contributed by atoms with Gasteiger partial charge in [-0.15, -0.1) is 0 Å². The van der Waals surface area contributed by atoms with Gasteiger partial charge >= 0.3 is 0 Å². The third kappa shape index (κ3) is 5.03. The van der Waals surface area contributed by atoms with Crippen LogP contribution in [0.4, 0.5) is 0 Å². The first-order valence-electron chi connectivity index (χ1n) is 12.1. The summed E-state index contributed by atoms with van der Waals surface area (Å²) in [5.74, 6) is 1.99. The SMILES string of the molecule is C/C=C(\C)CNCc1ncc(-c2ccc(-c3ccc(-c4cnc(C5CCCN5)[nH]4)cc3)cc2)[nH]1. The second-order valence-electron chi connectivity index (χ2n) is 8.97. The summed E-state index contributed by atoms with van der Waals surface area (Å²) in [5.41, 5.74) is 8.10. The molecule has 0 radical (unpaired) electrons. The fourth-order valence-corrected chi connectivity index (χ4v) is 4.34. The van der Waals surface area contributed by atoms with Gasteiger partial charge in [-0.2, -0.15) is 0 Å². The molecule has 0 bridgehead atoms. The van der Waals surface area contributed by atoms with Gasteiger partial charge in [0, 0.05) is 6.54 Å². The van der Waals surface area contributed by atoms with Gasteiger partial charge in [0.15, 0.2) is 0 Å². The van der Waals surface area contributed by atoms with Gasteiger partial charge in [0.1, 0.15) is 11.6 Å². The van der Waals surface area contributed by atoms with Gasteiger partial charge in [0.05, 0.1) is 36.4 Å². The van der Waals surface area contributed by atoms with Gasteiger partial charge in [-0.3, -0.25) is 0 Å². The number of aromatic amines is 2. The molecule has 2 aromatic heterocycles. The Hall–Kier alpha value is -3.48. The highest BCUT2D eigenvalue weighted by atomic mass is 15.0. The van der Waals surface area contributed by atoms with Crippen molar-refractivity contribution in [1.29, 1.82) is 0 Å². The molecule has 1 atom stereocenters. The molecule has 4 N–H and O–H groups in total. The fraction of sp³-hybridized carbons (Fsp3) is 0.286. The number of nitrogens with zero attached hydrogens (tertiary/aromatic N) is 2. The lowest BCUT2D eigenvalue weighted by Gasteiger charge is -2.06. The van der Waals surface area contributed by atoms with E-state index < -0.39 is 0 Å². The maximum atomic E-state index is 4.59. The van der Waals surface area contributed by atoms with Crippen molar-refractivity contribution in [3.8, 4) is 33.6 Å². The number of benzene rings is 2. The van der Waals surface area contributed by atoms with Gasteiger partial charge in [0.25, 0.3) is 0 Å². The molecule has 2 aromatic carbocycles. The number of allylic oxidation sites excluding steroid dienone is 1. The van der Waals surface area contributed by atoms with Crippen LogP contribution in [0.25, 0.3) is 33.6 Å². The minimum atomic E-state index is 0.358. The molecule has 1 fully saturated rings. The van der Waals surface area contributed by atoms with Gasteiger partial charge in [-0.25, -0.2) is 9.97 Å². The molecule has 1 saturated heterocycles. The molecule has 174 valence electrons. The number of nitrogens with one attached hydrogen (secondary N) is 4. The van der Waals surface area contributed by atoms with Crippen molar-refractivity contribution in [3.05, 3.63) is 84.2 Å². The number of hydrogen-bond donors (Lipinski definition) is 4. The highest BCUT2D eigenvalue weighted by Crippen LogP contribution is 2.28. The summed E-state index contributed by atoms with van der Waals surface area (Å²) >= 11 is 0. The van der Waals surface area contributed by atoms with E-state index in [-0.39, 0.29) is 0 Å². The second-order valence-corrected chi connectivity index (χ2v) is 8.97. The highest BCUT2D eigenvalue weighted by Gasteiger charge is 2.19. The summed E-state index contributed by atoms with van der Waals surface area (Å²) in [4.78, 5) is 16.0. The molecule has 4 aromatic rings. The van der Waals surface area contributed by atoms with Crippen LogP contribution in [-0.4, -0.2) is 33.0 Å². The van der Waals surface area contributed by atoms with Crippen molar-refractivity contribution in [2.24, 2.45) is 0 Å². The first kappa shape index (κ1) is 22.3. The van der Waals surface area contributed by atoms with Crippen LogP contribution >= 0.6 is 0 Å². The van der Waals surface area contributed by atoms with E-state index >= 15 is 0 Å². The number of H-pyrrole nitrogens is 2. The van der Waals surface area contributed by atoms with Crippen LogP contribution in [0.1, 0.15) is 44.4 Å². The van der Waals surface area contributed by atoms with Gasteiger partial charge in [-0.05, 0) is 55.5 Å². The quantitative estimate of drug-likeness (QED) is 0.262. The predicted octanol–water partition coefficient (Wildman–Crippen LogP) is 5.61. The van der Waals surface area contributed by atoms with Crippen LogP contribution in [0.2, 0.25) is 0 Å². The molecule has 1 aliphatic heterocycles. The first-order valence-corrected chi connectivity index (χ1v) is 12.1. The molecule has 1 unspecified atom stereocenters. The predicted molar refractivity (Wildman–Crippen MR) is 138 cm³/mol. The molecular weight excluding hydrogens is 420 g/mol. The molecular formula is C28H32N6. The van der Waals surface area contributed by atoms with Crippen molar-refractivity contribution < 1.29 is 0 Å². The third-order valence-electron chi connectivity index (χ3n) is 6.53. The summed E-state index contributed by atoms with van der Waals surface area (Å²) in [6.07, 6.45) is 8.33. The molecule has 0 amide bonds. The Labute approximate surface area is 201 Å². The number of aromatic nitrogens is 4. The molecule has 0 spiro atoms. The van der Waals surface area contributed by atoms with Crippen molar-refractivity contribution in [2.75, 3.05) is 13.1 Å². The summed E-state index contributed by atoms with van der Waals surface area (Å²) in [6, 6.07) is 17.6. The second kappa shape index (κ2) is 10.2. The lowest BCUT2D eigenvalue weighted by atomic mass is 10.0. The van der Waals surface area contributed by atoms with Crippen LogP contribution in [-0.2, 0) is 6.54 Å². The Morgan fingerprint density at radius 2 is 1.53 bits per heavy atom.